The topological polar surface area (TPSA) is 49.4 Å². The molecule has 168 valence electrons. The summed E-state index contributed by atoms with van der Waals surface area (Å²) in [7, 11) is 0. The number of halogens is 1. The highest BCUT2D eigenvalue weighted by atomic mass is 35.5. The predicted molar refractivity (Wildman–Crippen MR) is 131 cm³/mol. The monoisotopic (exact) mass is 460 g/mol. The van der Waals surface area contributed by atoms with Gasteiger partial charge in [-0.2, -0.15) is 0 Å². The summed E-state index contributed by atoms with van der Waals surface area (Å²) in [5.41, 5.74) is 2.24. The van der Waals surface area contributed by atoms with Crippen molar-refractivity contribution in [3.63, 3.8) is 0 Å². The first-order chi connectivity index (χ1) is 14.9. The Morgan fingerprint density at radius 3 is 2.42 bits per heavy atom. The van der Waals surface area contributed by atoms with Gasteiger partial charge in [0.1, 0.15) is 6.04 Å². The van der Waals surface area contributed by atoms with E-state index in [2.05, 4.69) is 31.3 Å². The van der Waals surface area contributed by atoms with E-state index in [1.807, 2.05) is 49.4 Å². The zero-order valence-electron chi connectivity index (χ0n) is 18.6. The molecule has 6 heteroatoms. The first-order valence-corrected chi connectivity index (χ1v) is 12.4. The van der Waals surface area contributed by atoms with Gasteiger partial charge in [-0.25, -0.2) is 0 Å². The van der Waals surface area contributed by atoms with Gasteiger partial charge in [-0.15, -0.1) is 11.8 Å². The average Bonchev–Trinajstić information content (AvgIpc) is 2.75. The molecule has 0 saturated heterocycles. The number of carbonyl (C=O) groups excluding carboxylic acids is 2. The molecule has 2 aromatic carbocycles. The second kappa shape index (κ2) is 13.4. The molecule has 1 N–H and O–H groups in total. The number of benzene rings is 2. The van der Waals surface area contributed by atoms with Crippen molar-refractivity contribution in [2.75, 3.05) is 18.8 Å². The van der Waals surface area contributed by atoms with Crippen LogP contribution in [0.1, 0.15) is 38.3 Å². The van der Waals surface area contributed by atoms with E-state index in [0.717, 1.165) is 17.5 Å². The van der Waals surface area contributed by atoms with Crippen LogP contribution in [0.25, 0.3) is 0 Å². The highest BCUT2D eigenvalue weighted by molar-refractivity contribution is 7.99. The SMILES string of the molecule is CC[C@H](C(=O)NCC(C)C)N(CCc1ccccc1)C(=O)CSCc1cccc(Cl)c1. The molecule has 2 aromatic rings. The van der Waals surface area contributed by atoms with E-state index in [1.165, 1.54) is 0 Å². The Kier molecular flexibility index (Phi) is 11.0. The fraction of sp³-hybridized carbons (Fsp3) is 0.440. The number of thioether (sulfide) groups is 1. The van der Waals surface area contributed by atoms with Crippen LogP contribution in [0.15, 0.2) is 54.6 Å². The Morgan fingerprint density at radius 1 is 1.06 bits per heavy atom. The maximum Gasteiger partial charge on any atom is 0.242 e. The summed E-state index contributed by atoms with van der Waals surface area (Å²) in [6, 6.07) is 17.3. The minimum atomic E-state index is -0.457. The molecule has 4 nitrogen and oxygen atoms in total. The van der Waals surface area contributed by atoms with Gasteiger partial charge >= 0.3 is 0 Å². The van der Waals surface area contributed by atoms with Gasteiger partial charge in [-0.3, -0.25) is 9.59 Å². The van der Waals surface area contributed by atoms with Crippen molar-refractivity contribution < 1.29 is 9.59 Å². The van der Waals surface area contributed by atoms with E-state index >= 15 is 0 Å². The zero-order chi connectivity index (χ0) is 22.6. The van der Waals surface area contributed by atoms with Crippen molar-refractivity contribution in [2.45, 2.75) is 45.4 Å². The number of amides is 2. The summed E-state index contributed by atoms with van der Waals surface area (Å²) in [5.74, 6) is 1.32. The van der Waals surface area contributed by atoms with Crippen LogP contribution in [0.3, 0.4) is 0 Å². The maximum absolute atomic E-state index is 13.2. The molecule has 0 aliphatic heterocycles. The molecule has 0 fully saturated rings. The Morgan fingerprint density at radius 2 is 1.77 bits per heavy atom. The van der Waals surface area contributed by atoms with Crippen molar-refractivity contribution >= 4 is 35.2 Å². The Bertz CT molecular complexity index is 829. The summed E-state index contributed by atoms with van der Waals surface area (Å²) < 4.78 is 0. The second-order valence-electron chi connectivity index (χ2n) is 8.01. The third-order valence-corrected chi connectivity index (χ3v) is 6.16. The van der Waals surface area contributed by atoms with Gasteiger partial charge in [0.2, 0.25) is 11.8 Å². The molecule has 2 rings (SSSR count). The van der Waals surface area contributed by atoms with Crippen molar-refractivity contribution in [3.05, 3.63) is 70.7 Å². The van der Waals surface area contributed by atoms with E-state index in [9.17, 15) is 9.59 Å². The Balaban J connectivity index is 2.04. The number of hydrogen-bond donors (Lipinski definition) is 1. The zero-order valence-corrected chi connectivity index (χ0v) is 20.2. The number of hydrogen-bond acceptors (Lipinski definition) is 3. The summed E-state index contributed by atoms with van der Waals surface area (Å²) in [6.45, 7) is 7.22. The van der Waals surface area contributed by atoms with E-state index < -0.39 is 6.04 Å². The van der Waals surface area contributed by atoms with Crippen molar-refractivity contribution in [1.29, 1.82) is 0 Å². The summed E-state index contributed by atoms with van der Waals surface area (Å²) >= 11 is 7.60. The highest BCUT2D eigenvalue weighted by Crippen LogP contribution is 2.18. The average molecular weight is 461 g/mol. The molecule has 0 saturated carbocycles. The summed E-state index contributed by atoms with van der Waals surface area (Å²) in [6.07, 6.45) is 1.31. The van der Waals surface area contributed by atoms with Crippen LogP contribution < -0.4 is 5.32 Å². The van der Waals surface area contributed by atoms with Gasteiger partial charge in [0.05, 0.1) is 5.75 Å². The molecule has 31 heavy (non-hydrogen) atoms. The molecule has 2 amide bonds. The fourth-order valence-corrected chi connectivity index (χ4v) is 4.35. The minimum absolute atomic E-state index is 0.00509. The molecule has 0 aliphatic carbocycles. The quantitative estimate of drug-likeness (QED) is 0.473. The first-order valence-electron chi connectivity index (χ1n) is 10.8. The number of rotatable bonds is 12. The van der Waals surface area contributed by atoms with E-state index in [0.29, 0.717) is 42.0 Å². The van der Waals surface area contributed by atoms with Gasteiger partial charge in [0.15, 0.2) is 0 Å². The molecular formula is C25H33ClN2O2S. The van der Waals surface area contributed by atoms with Gasteiger partial charge in [-0.05, 0) is 42.0 Å². The van der Waals surface area contributed by atoms with Crippen LogP contribution in [0.2, 0.25) is 5.02 Å². The lowest BCUT2D eigenvalue weighted by Gasteiger charge is -2.31. The molecule has 0 radical (unpaired) electrons. The van der Waals surface area contributed by atoms with Crippen LogP contribution in [-0.4, -0.2) is 41.6 Å². The minimum Gasteiger partial charge on any atom is -0.354 e. The van der Waals surface area contributed by atoms with Crippen LogP contribution in [0.5, 0.6) is 0 Å². The van der Waals surface area contributed by atoms with Gasteiger partial charge in [0, 0.05) is 23.9 Å². The van der Waals surface area contributed by atoms with Crippen LogP contribution >= 0.6 is 23.4 Å². The lowest BCUT2D eigenvalue weighted by molar-refractivity contribution is -0.138. The largest absolute Gasteiger partial charge is 0.354 e. The first kappa shape index (κ1) is 25.3. The molecule has 0 aromatic heterocycles. The van der Waals surface area contributed by atoms with E-state index in [4.69, 9.17) is 11.6 Å². The highest BCUT2D eigenvalue weighted by Gasteiger charge is 2.28. The van der Waals surface area contributed by atoms with E-state index in [-0.39, 0.29) is 11.8 Å². The molecule has 1 atom stereocenters. The van der Waals surface area contributed by atoms with Gasteiger partial charge in [0.25, 0.3) is 0 Å². The molecule has 0 heterocycles. The standard InChI is InChI=1S/C25H33ClN2O2S/c1-4-23(25(30)27-16-19(2)3)28(14-13-20-9-6-5-7-10-20)24(29)18-31-17-21-11-8-12-22(26)15-21/h5-12,15,19,23H,4,13-14,16-18H2,1-3H3,(H,27,30)/t23-/m1/s1. The second-order valence-corrected chi connectivity index (χ2v) is 9.43. The maximum atomic E-state index is 13.2. The number of carbonyl (C=O) groups is 2. The molecule has 0 bridgehead atoms. The van der Waals surface area contributed by atoms with E-state index in [1.54, 1.807) is 16.7 Å². The molecule has 0 spiro atoms. The lowest BCUT2D eigenvalue weighted by atomic mass is 10.1. The van der Waals surface area contributed by atoms with Gasteiger partial charge < -0.3 is 10.2 Å². The molecule has 0 aliphatic rings. The van der Waals surface area contributed by atoms with Crippen LogP contribution in [0.4, 0.5) is 0 Å². The third kappa shape index (κ3) is 8.96. The van der Waals surface area contributed by atoms with Crippen LogP contribution in [0, 0.1) is 5.92 Å². The summed E-state index contributed by atoms with van der Waals surface area (Å²) in [4.78, 5) is 27.8. The smallest absolute Gasteiger partial charge is 0.242 e. The third-order valence-electron chi connectivity index (χ3n) is 4.94. The van der Waals surface area contributed by atoms with Crippen molar-refractivity contribution in [2.24, 2.45) is 5.92 Å². The lowest BCUT2D eigenvalue weighted by Crippen LogP contribution is -2.51. The number of nitrogens with zero attached hydrogens (tertiary/aromatic N) is 1. The molecule has 0 unspecified atom stereocenters. The Hall–Kier alpha value is -1.98. The van der Waals surface area contributed by atoms with Crippen molar-refractivity contribution in [3.8, 4) is 0 Å². The number of nitrogens with one attached hydrogen (secondary N) is 1. The van der Waals surface area contributed by atoms with Gasteiger partial charge in [-0.1, -0.05) is 74.8 Å². The van der Waals surface area contributed by atoms with Crippen molar-refractivity contribution in [1.82, 2.24) is 10.2 Å². The van der Waals surface area contributed by atoms with Crippen LogP contribution in [-0.2, 0) is 21.8 Å². The fourth-order valence-electron chi connectivity index (χ4n) is 3.28. The Labute approximate surface area is 195 Å². The normalized spacial score (nSPS) is 11.9. The predicted octanol–water partition coefficient (Wildman–Crippen LogP) is 5.20. The summed E-state index contributed by atoms with van der Waals surface area (Å²) in [5, 5.41) is 3.70. The molecular weight excluding hydrogens is 428 g/mol.